The Morgan fingerprint density at radius 2 is 2.43 bits per heavy atom. The average molecular weight is 192 g/mol. The number of hydrogen-bond acceptors (Lipinski definition) is 4. The summed E-state index contributed by atoms with van der Waals surface area (Å²) in [7, 11) is 1.41. The summed E-state index contributed by atoms with van der Waals surface area (Å²) in [6, 6.07) is 3.59. The Hall–Kier alpha value is -1.58. The van der Waals surface area contributed by atoms with E-state index in [1.807, 2.05) is 6.07 Å². The van der Waals surface area contributed by atoms with Gasteiger partial charge in [0.2, 0.25) is 0 Å². The molecule has 1 aromatic rings. The number of aromatic nitrogens is 1. The molecule has 1 aliphatic rings. The van der Waals surface area contributed by atoms with Gasteiger partial charge in [-0.3, -0.25) is 4.79 Å². The van der Waals surface area contributed by atoms with Gasteiger partial charge < -0.3 is 10.5 Å². The van der Waals surface area contributed by atoms with Gasteiger partial charge in [0.15, 0.2) is 0 Å². The molecule has 0 fully saturated rings. The number of nitrogen functional groups attached to an aromatic ring is 1. The Bertz CT molecular complexity index is 376. The van der Waals surface area contributed by atoms with E-state index >= 15 is 0 Å². The van der Waals surface area contributed by atoms with E-state index in [1.165, 1.54) is 7.11 Å². The zero-order chi connectivity index (χ0) is 10.1. The number of nitrogens with zero attached hydrogens (tertiary/aromatic N) is 1. The van der Waals surface area contributed by atoms with Gasteiger partial charge in [0.1, 0.15) is 5.82 Å². The first-order valence-electron chi connectivity index (χ1n) is 4.55. The molecule has 1 aliphatic carbocycles. The number of anilines is 1. The van der Waals surface area contributed by atoms with Crippen LogP contribution in [0.5, 0.6) is 0 Å². The first-order valence-corrected chi connectivity index (χ1v) is 4.55. The molecule has 0 saturated heterocycles. The van der Waals surface area contributed by atoms with Crippen LogP contribution in [-0.2, 0) is 16.0 Å². The largest absolute Gasteiger partial charge is 0.469 e. The van der Waals surface area contributed by atoms with Gasteiger partial charge in [0.05, 0.1) is 13.0 Å². The second kappa shape index (κ2) is 3.29. The fraction of sp³-hybridized carbons (Fsp3) is 0.400. The minimum Gasteiger partial charge on any atom is -0.469 e. The van der Waals surface area contributed by atoms with Gasteiger partial charge in [0, 0.05) is 5.69 Å². The van der Waals surface area contributed by atoms with E-state index in [9.17, 15) is 4.79 Å². The third-order valence-corrected chi connectivity index (χ3v) is 2.56. The minimum atomic E-state index is -0.185. The topological polar surface area (TPSA) is 65.2 Å². The van der Waals surface area contributed by atoms with Crippen molar-refractivity contribution >= 4 is 11.8 Å². The maximum atomic E-state index is 11.4. The van der Waals surface area contributed by atoms with Crippen LogP contribution in [0.3, 0.4) is 0 Å². The number of carbonyl (C=O) groups is 1. The molecule has 1 heterocycles. The lowest BCUT2D eigenvalue weighted by atomic mass is 10.0. The van der Waals surface area contributed by atoms with E-state index in [1.54, 1.807) is 6.07 Å². The number of nitrogens with two attached hydrogens (primary N) is 1. The lowest BCUT2D eigenvalue weighted by Crippen LogP contribution is -2.11. The highest BCUT2D eigenvalue weighted by atomic mass is 16.5. The highest BCUT2D eigenvalue weighted by Crippen LogP contribution is 2.33. The normalized spacial score (nSPS) is 19.1. The molecule has 74 valence electrons. The van der Waals surface area contributed by atoms with E-state index in [-0.39, 0.29) is 11.9 Å². The maximum Gasteiger partial charge on any atom is 0.313 e. The van der Waals surface area contributed by atoms with E-state index in [2.05, 4.69) is 4.98 Å². The minimum absolute atomic E-state index is 0.150. The Morgan fingerprint density at radius 1 is 1.64 bits per heavy atom. The number of ether oxygens (including phenoxy) is 1. The molecule has 1 aromatic heterocycles. The van der Waals surface area contributed by atoms with Crippen LogP contribution in [-0.4, -0.2) is 18.1 Å². The van der Waals surface area contributed by atoms with Gasteiger partial charge in [-0.15, -0.1) is 0 Å². The van der Waals surface area contributed by atoms with Crippen molar-refractivity contribution in [2.75, 3.05) is 12.8 Å². The molecule has 0 aliphatic heterocycles. The first-order chi connectivity index (χ1) is 6.72. The molecule has 0 aromatic carbocycles. The lowest BCUT2D eigenvalue weighted by molar-refractivity contribution is -0.142. The summed E-state index contributed by atoms with van der Waals surface area (Å²) < 4.78 is 4.72. The van der Waals surface area contributed by atoms with Gasteiger partial charge in [-0.1, -0.05) is 6.07 Å². The Kier molecular flexibility index (Phi) is 2.11. The molecular formula is C10H12N2O2. The predicted octanol–water partition coefficient (Wildman–Crippen LogP) is 0.867. The lowest BCUT2D eigenvalue weighted by Gasteiger charge is -2.07. The van der Waals surface area contributed by atoms with Crippen LogP contribution in [0.2, 0.25) is 0 Å². The van der Waals surface area contributed by atoms with E-state index in [0.29, 0.717) is 5.82 Å². The van der Waals surface area contributed by atoms with Crippen LogP contribution >= 0.6 is 0 Å². The SMILES string of the molecule is COC(=O)[C@H]1CCc2nc(N)ccc21. The smallest absolute Gasteiger partial charge is 0.313 e. The predicted molar refractivity (Wildman–Crippen MR) is 51.7 cm³/mol. The van der Waals surface area contributed by atoms with Crippen molar-refractivity contribution < 1.29 is 9.53 Å². The quantitative estimate of drug-likeness (QED) is 0.670. The standard InChI is InChI=1S/C10H12N2O2/c1-14-10(13)7-2-4-8-6(7)3-5-9(11)12-8/h3,5,7H,2,4H2,1H3,(H2,11,12)/t7-/m0/s1. The monoisotopic (exact) mass is 192 g/mol. The third-order valence-electron chi connectivity index (χ3n) is 2.56. The maximum absolute atomic E-state index is 11.4. The molecule has 4 heteroatoms. The summed E-state index contributed by atoms with van der Waals surface area (Å²) in [5.41, 5.74) is 7.45. The summed E-state index contributed by atoms with van der Waals surface area (Å²) in [6.45, 7) is 0. The van der Waals surface area contributed by atoms with Crippen LogP contribution in [0.4, 0.5) is 5.82 Å². The molecule has 14 heavy (non-hydrogen) atoms. The summed E-state index contributed by atoms with van der Waals surface area (Å²) in [5.74, 6) is 0.174. The summed E-state index contributed by atoms with van der Waals surface area (Å²) in [5, 5.41) is 0. The molecule has 4 nitrogen and oxygen atoms in total. The van der Waals surface area contributed by atoms with Crippen molar-refractivity contribution in [3.63, 3.8) is 0 Å². The number of methoxy groups -OCH3 is 1. The molecule has 1 atom stereocenters. The molecule has 0 spiro atoms. The molecule has 2 rings (SSSR count). The van der Waals surface area contributed by atoms with Crippen molar-refractivity contribution in [1.29, 1.82) is 0 Å². The van der Waals surface area contributed by atoms with Gasteiger partial charge >= 0.3 is 5.97 Å². The number of carbonyl (C=O) groups excluding carboxylic acids is 1. The van der Waals surface area contributed by atoms with Crippen LogP contribution in [0.25, 0.3) is 0 Å². The second-order valence-electron chi connectivity index (χ2n) is 3.39. The van der Waals surface area contributed by atoms with Crippen molar-refractivity contribution in [2.45, 2.75) is 18.8 Å². The fourth-order valence-electron chi connectivity index (χ4n) is 1.87. The first kappa shape index (κ1) is 8.99. The van der Waals surface area contributed by atoms with Crippen molar-refractivity contribution in [2.24, 2.45) is 0 Å². The van der Waals surface area contributed by atoms with Crippen molar-refractivity contribution in [1.82, 2.24) is 4.98 Å². The summed E-state index contributed by atoms with van der Waals surface area (Å²) in [4.78, 5) is 15.6. The molecule has 2 N–H and O–H groups in total. The van der Waals surface area contributed by atoms with Gasteiger partial charge in [0.25, 0.3) is 0 Å². The zero-order valence-electron chi connectivity index (χ0n) is 7.99. The molecule has 0 saturated carbocycles. The second-order valence-corrected chi connectivity index (χ2v) is 3.39. The Morgan fingerprint density at radius 3 is 3.14 bits per heavy atom. The Balaban J connectivity index is 2.35. The number of rotatable bonds is 1. The van der Waals surface area contributed by atoms with E-state index < -0.39 is 0 Å². The van der Waals surface area contributed by atoms with Crippen molar-refractivity contribution in [3.8, 4) is 0 Å². The van der Waals surface area contributed by atoms with Gasteiger partial charge in [-0.2, -0.15) is 0 Å². The number of aryl methyl sites for hydroxylation is 1. The Labute approximate surface area is 82.1 Å². The van der Waals surface area contributed by atoms with Crippen molar-refractivity contribution in [3.05, 3.63) is 23.4 Å². The van der Waals surface area contributed by atoms with Crippen LogP contribution in [0.1, 0.15) is 23.6 Å². The molecule has 0 amide bonds. The molecule has 0 bridgehead atoms. The average Bonchev–Trinajstić information content (AvgIpc) is 2.59. The van der Waals surface area contributed by atoms with Crippen LogP contribution in [0, 0.1) is 0 Å². The fourth-order valence-corrected chi connectivity index (χ4v) is 1.87. The number of hydrogen-bond donors (Lipinski definition) is 1. The highest BCUT2D eigenvalue weighted by molar-refractivity contribution is 5.79. The molecule has 0 radical (unpaired) electrons. The number of pyridine rings is 1. The summed E-state index contributed by atoms with van der Waals surface area (Å²) >= 11 is 0. The number of fused-ring (bicyclic) bond motifs is 1. The highest BCUT2D eigenvalue weighted by Gasteiger charge is 2.30. The van der Waals surface area contributed by atoms with Gasteiger partial charge in [-0.25, -0.2) is 4.98 Å². The number of esters is 1. The molecule has 0 unspecified atom stereocenters. The molecular weight excluding hydrogens is 180 g/mol. The zero-order valence-corrected chi connectivity index (χ0v) is 7.99. The van der Waals surface area contributed by atoms with Gasteiger partial charge in [-0.05, 0) is 24.5 Å². The van der Waals surface area contributed by atoms with Crippen LogP contribution < -0.4 is 5.73 Å². The summed E-state index contributed by atoms with van der Waals surface area (Å²) in [6.07, 6.45) is 1.58. The van der Waals surface area contributed by atoms with Crippen LogP contribution in [0.15, 0.2) is 12.1 Å². The van der Waals surface area contributed by atoms with E-state index in [4.69, 9.17) is 10.5 Å². The third kappa shape index (κ3) is 1.32. The van der Waals surface area contributed by atoms with E-state index in [0.717, 1.165) is 24.1 Å².